The molecule has 0 bridgehead atoms. The number of nitrogens with zero attached hydrogens (tertiary/aromatic N) is 5. The zero-order valence-electron chi connectivity index (χ0n) is 20.9. The maximum atomic E-state index is 13.9. The summed E-state index contributed by atoms with van der Waals surface area (Å²) >= 11 is 1.65. The molecule has 0 radical (unpaired) electrons. The average molecular weight is 518 g/mol. The summed E-state index contributed by atoms with van der Waals surface area (Å²) in [7, 11) is 1.73. The first-order valence-electron chi connectivity index (χ1n) is 13.0. The predicted molar refractivity (Wildman–Crippen MR) is 143 cm³/mol. The zero-order chi connectivity index (χ0) is 25.2. The van der Waals surface area contributed by atoms with Crippen LogP contribution in [0.25, 0.3) is 11.3 Å². The van der Waals surface area contributed by atoms with Gasteiger partial charge in [0.25, 0.3) is 0 Å². The second-order valence-electron chi connectivity index (χ2n) is 10.2. The molecule has 9 nitrogen and oxygen atoms in total. The molecule has 3 aromatic rings. The maximum absolute atomic E-state index is 13.9. The summed E-state index contributed by atoms with van der Waals surface area (Å²) in [6.07, 6.45) is 14.9. The van der Waals surface area contributed by atoms with E-state index < -0.39 is 5.41 Å². The van der Waals surface area contributed by atoms with Crippen molar-refractivity contribution in [1.29, 1.82) is 0 Å². The molecule has 3 saturated carbocycles. The van der Waals surface area contributed by atoms with Crippen LogP contribution in [0.4, 0.5) is 11.8 Å². The van der Waals surface area contributed by atoms with Crippen LogP contribution in [0, 0.1) is 0 Å². The molecule has 3 fully saturated rings. The van der Waals surface area contributed by atoms with Gasteiger partial charge in [-0.2, -0.15) is 0 Å². The van der Waals surface area contributed by atoms with Gasteiger partial charge in [-0.05, 0) is 81.5 Å². The Kier molecular flexibility index (Phi) is 6.77. The minimum absolute atomic E-state index is 0.0997. The molecule has 0 saturated heterocycles. The molecular formula is C27H31N7O2S. The summed E-state index contributed by atoms with van der Waals surface area (Å²) in [6.45, 7) is 0. The van der Waals surface area contributed by atoms with Gasteiger partial charge in [0.2, 0.25) is 11.9 Å². The van der Waals surface area contributed by atoms with E-state index in [1.54, 1.807) is 37.6 Å². The fraction of sp³-hybridized carbons (Fsp3) is 0.481. The lowest BCUT2D eigenvalue weighted by atomic mass is 9.70. The molecule has 1 amide bonds. The number of carbonyl (C=O) groups is 1. The van der Waals surface area contributed by atoms with Crippen LogP contribution in [0.5, 0.6) is 0 Å². The normalized spacial score (nSPS) is 23.4. The third-order valence-corrected chi connectivity index (χ3v) is 8.60. The lowest BCUT2D eigenvalue weighted by molar-refractivity contribution is -0.124. The topological polar surface area (TPSA) is 115 Å². The molecule has 3 heterocycles. The summed E-state index contributed by atoms with van der Waals surface area (Å²) in [6, 6.07) is 5.62. The van der Waals surface area contributed by atoms with Gasteiger partial charge < -0.3 is 10.1 Å². The number of ether oxygens (including phenoxy) is 1. The van der Waals surface area contributed by atoms with Gasteiger partial charge in [-0.15, -0.1) is 0 Å². The van der Waals surface area contributed by atoms with E-state index in [9.17, 15) is 4.79 Å². The number of anilines is 2. The standard InChI is InChI=1S/C27H31N7O2S/c1-36-19-8-11-27(12-9-19,23-10-13-29-26(32-23)34-37-20-5-6-20)25(35)33-24-7-4-18(14-30-24)22-16-28-15-21(31-22)17-2-3-17/h4,7,10,13-17,19-20H,2-3,5-6,8-9,11-12H2,1H3,(H,29,32,34)(H,30,33,35). The number of hydrogen-bond donors (Lipinski definition) is 2. The highest BCUT2D eigenvalue weighted by Crippen LogP contribution is 2.41. The first kappa shape index (κ1) is 24.2. The fourth-order valence-electron chi connectivity index (χ4n) is 4.87. The smallest absolute Gasteiger partial charge is 0.237 e. The van der Waals surface area contributed by atoms with Crippen molar-refractivity contribution < 1.29 is 9.53 Å². The van der Waals surface area contributed by atoms with Gasteiger partial charge in [-0.3, -0.25) is 14.5 Å². The summed E-state index contributed by atoms with van der Waals surface area (Å²) in [5.74, 6) is 1.49. The molecule has 6 rings (SSSR count). The summed E-state index contributed by atoms with van der Waals surface area (Å²) < 4.78 is 8.86. The second-order valence-corrected chi connectivity index (χ2v) is 11.3. The van der Waals surface area contributed by atoms with Crippen molar-refractivity contribution in [1.82, 2.24) is 24.9 Å². The molecule has 192 valence electrons. The van der Waals surface area contributed by atoms with Crippen LogP contribution in [0.1, 0.15) is 68.7 Å². The van der Waals surface area contributed by atoms with E-state index >= 15 is 0 Å². The predicted octanol–water partition coefficient (Wildman–Crippen LogP) is 4.89. The molecule has 37 heavy (non-hydrogen) atoms. The lowest BCUT2D eigenvalue weighted by Crippen LogP contribution is -2.45. The number of hydrogen-bond acceptors (Lipinski definition) is 9. The Morgan fingerprint density at radius 2 is 1.84 bits per heavy atom. The number of rotatable bonds is 9. The highest BCUT2D eigenvalue weighted by molar-refractivity contribution is 8.01. The number of nitrogens with one attached hydrogen (secondary N) is 2. The van der Waals surface area contributed by atoms with Crippen LogP contribution in [0.3, 0.4) is 0 Å². The quantitative estimate of drug-likeness (QED) is 0.383. The molecule has 2 N–H and O–H groups in total. The Morgan fingerprint density at radius 1 is 1.00 bits per heavy atom. The monoisotopic (exact) mass is 517 g/mol. The molecule has 3 aliphatic carbocycles. The SMILES string of the molecule is COC1CCC(C(=O)Nc2ccc(-c3cncc(C4CC4)n3)cn2)(c2ccnc(NSC3CC3)n2)CC1. The molecular weight excluding hydrogens is 486 g/mol. The highest BCUT2D eigenvalue weighted by Gasteiger charge is 2.45. The van der Waals surface area contributed by atoms with Gasteiger partial charge in [0.05, 0.1) is 34.8 Å². The van der Waals surface area contributed by atoms with Crippen LogP contribution in [0.15, 0.2) is 43.0 Å². The molecule has 0 aliphatic heterocycles. The lowest BCUT2D eigenvalue weighted by Gasteiger charge is -2.38. The highest BCUT2D eigenvalue weighted by atomic mass is 32.2. The third-order valence-electron chi connectivity index (χ3n) is 7.49. The Morgan fingerprint density at radius 3 is 2.54 bits per heavy atom. The summed E-state index contributed by atoms with van der Waals surface area (Å²) in [4.78, 5) is 36.7. The first-order chi connectivity index (χ1) is 18.1. The van der Waals surface area contributed by atoms with Crippen molar-refractivity contribution in [2.45, 2.75) is 74.1 Å². The van der Waals surface area contributed by atoms with Crippen molar-refractivity contribution in [3.8, 4) is 11.3 Å². The number of pyridine rings is 1. The minimum atomic E-state index is -0.775. The Hall–Kier alpha value is -3.11. The minimum Gasteiger partial charge on any atom is -0.381 e. The Balaban J connectivity index is 1.21. The second kappa shape index (κ2) is 10.3. The summed E-state index contributed by atoms with van der Waals surface area (Å²) in [5.41, 5.74) is 2.68. The van der Waals surface area contributed by atoms with E-state index in [2.05, 4.69) is 25.0 Å². The number of carbonyl (C=O) groups excluding carboxylic acids is 1. The van der Waals surface area contributed by atoms with Gasteiger partial charge in [-0.25, -0.2) is 19.9 Å². The Bertz CT molecular complexity index is 1260. The average Bonchev–Trinajstić information content (AvgIpc) is 3.87. The van der Waals surface area contributed by atoms with Crippen LogP contribution < -0.4 is 10.0 Å². The number of aromatic nitrogens is 5. The van der Waals surface area contributed by atoms with Gasteiger partial charge in [0.15, 0.2) is 0 Å². The van der Waals surface area contributed by atoms with Crippen molar-refractivity contribution in [3.63, 3.8) is 0 Å². The van der Waals surface area contributed by atoms with Crippen molar-refractivity contribution in [3.05, 3.63) is 54.4 Å². The molecule has 0 aromatic carbocycles. The Labute approximate surface area is 220 Å². The molecule has 0 spiro atoms. The van der Waals surface area contributed by atoms with Crippen LogP contribution >= 0.6 is 11.9 Å². The molecule has 3 aromatic heterocycles. The van der Waals surface area contributed by atoms with E-state index in [0.29, 0.717) is 35.8 Å². The summed E-state index contributed by atoms with van der Waals surface area (Å²) in [5, 5.41) is 3.69. The van der Waals surface area contributed by atoms with Crippen molar-refractivity contribution in [2.75, 3.05) is 17.1 Å². The largest absolute Gasteiger partial charge is 0.381 e. The molecule has 0 unspecified atom stereocenters. The first-order valence-corrected chi connectivity index (χ1v) is 13.9. The van der Waals surface area contributed by atoms with Crippen LogP contribution in [-0.4, -0.2) is 49.3 Å². The van der Waals surface area contributed by atoms with Gasteiger partial charge in [0, 0.05) is 42.4 Å². The van der Waals surface area contributed by atoms with Crippen LogP contribution in [-0.2, 0) is 14.9 Å². The molecule has 0 atom stereocenters. The number of amides is 1. The van der Waals surface area contributed by atoms with Gasteiger partial charge >= 0.3 is 0 Å². The van der Waals surface area contributed by atoms with E-state index in [0.717, 1.165) is 35.5 Å². The maximum Gasteiger partial charge on any atom is 0.237 e. The molecule has 3 aliphatic rings. The van der Waals surface area contributed by atoms with E-state index in [4.69, 9.17) is 14.7 Å². The van der Waals surface area contributed by atoms with Crippen LogP contribution in [0.2, 0.25) is 0 Å². The zero-order valence-corrected chi connectivity index (χ0v) is 21.7. The number of methoxy groups -OCH3 is 1. The van der Waals surface area contributed by atoms with Crippen molar-refractivity contribution in [2.24, 2.45) is 0 Å². The molecule has 10 heteroatoms. The fourth-order valence-corrected chi connectivity index (χ4v) is 5.61. The van der Waals surface area contributed by atoms with Gasteiger partial charge in [-0.1, -0.05) is 0 Å². The van der Waals surface area contributed by atoms with E-state index in [1.807, 2.05) is 24.4 Å². The van der Waals surface area contributed by atoms with E-state index in [-0.39, 0.29) is 12.0 Å². The van der Waals surface area contributed by atoms with Crippen molar-refractivity contribution >= 4 is 29.6 Å². The third kappa shape index (κ3) is 5.45. The van der Waals surface area contributed by atoms with E-state index in [1.165, 1.54) is 25.7 Å². The van der Waals surface area contributed by atoms with Gasteiger partial charge in [0.1, 0.15) is 5.82 Å².